The van der Waals surface area contributed by atoms with Gasteiger partial charge < -0.3 is 54.9 Å². The van der Waals surface area contributed by atoms with Crippen LogP contribution in [-0.2, 0) is 38.7 Å². The molecule has 0 aliphatic rings. The van der Waals surface area contributed by atoms with Crippen LogP contribution < -0.4 is 0 Å². The predicted octanol–water partition coefficient (Wildman–Crippen LogP) is 4.17. The zero-order valence-electron chi connectivity index (χ0n) is 29.8. The van der Waals surface area contributed by atoms with Crippen molar-refractivity contribution in [3.05, 3.63) is 53.5 Å². The quantitative estimate of drug-likeness (QED) is 0.0500. The topological polar surface area (TPSA) is 344 Å². The number of carbonyl (C=O) groups is 1. The molecule has 0 fully saturated rings. The third kappa shape index (κ3) is 31.2. The first-order chi connectivity index (χ1) is 23.6. The third-order valence-corrected chi connectivity index (χ3v) is 7.83. The number of carbonyl (C=O) groups excluding carboxylic acids is 1. The maximum atomic E-state index is 11.6. The fourth-order valence-electron chi connectivity index (χ4n) is 3.48. The van der Waals surface area contributed by atoms with Crippen molar-refractivity contribution in [2.75, 3.05) is 6.61 Å². The lowest BCUT2D eigenvalue weighted by Gasteiger charge is -2.26. The first kappa shape index (κ1) is 51.7. The molecule has 23 heteroatoms. The molecule has 2 atom stereocenters. The molecule has 2 unspecified atom stereocenters. The Kier molecular flexibility index (Phi) is 24.7. The van der Waals surface area contributed by atoms with Crippen molar-refractivity contribution in [3.63, 3.8) is 0 Å². The molecule has 302 valence electrons. The fraction of sp³-hybridized carbons (Fsp3) is 0.621. The summed E-state index contributed by atoms with van der Waals surface area (Å²) in [5.74, 6) is -0.456. The van der Waals surface area contributed by atoms with Crippen LogP contribution in [0.3, 0.4) is 0 Å². The van der Waals surface area contributed by atoms with Crippen LogP contribution in [0.15, 0.2) is 42.1 Å². The van der Waals surface area contributed by atoms with Crippen molar-refractivity contribution in [1.29, 1.82) is 0 Å². The summed E-state index contributed by atoms with van der Waals surface area (Å²) in [6.45, 7) is 9.29. The minimum Gasteiger partial charge on any atom is -0.506 e. The van der Waals surface area contributed by atoms with Gasteiger partial charge in [-0.15, -0.1) is 0 Å². The number of hydrogen-bond acceptors (Lipinski definition) is 14. The molecule has 0 saturated carbocycles. The Morgan fingerprint density at radius 2 is 1.38 bits per heavy atom. The number of phosphoric acid groups is 3. The Labute approximate surface area is 302 Å². The second-order valence-electron chi connectivity index (χ2n) is 12.0. The Hall–Kier alpha value is -2.38. The number of nitrogens with zero attached hydrogens (tertiary/aromatic N) is 2. The number of aliphatic hydroxyl groups is 5. The van der Waals surface area contributed by atoms with E-state index < -0.39 is 59.4 Å². The fourth-order valence-corrected chi connectivity index (χ4v) is 4.86. The lowest BCUT2D eigenvalue weighted by Crippen LogP contribution is -2.25. The largest absolute Gasteiger partial charge is 0.506 e. The number of hydrogen-bond donors (Lipinski definition) is 11. The summed E-state index contributed by atoms with van der Waals surface area (Å²) in [6.07, 6.45) is 5.26. The molecule has 11 N–H and O–H groups in total. The molecular formula is C29H53N2O18P3. The predicted molar refractivity (Wildman–Crippen MR) is 187 cm³/mol. The van der Waals surface area contributed by atoms with Gasteiger partial charge in [-0.3, -0.25) is 18.4 Å². The van der Waals surface area contributed by atoms with Crippen molar-refractivity contribution in [3.8, 4) is 0 Å². The van der Waals surface area contributed by atoms with E-state index in [0.29, 0.717) is 38.0 Å². The van der Waals surface area contributed by atoms with E-state index in [2.05, 4.69) is 37.4 Å². The van der Waals surface area contributed by atoms with Crippen LogP contribution in [0.2, 0.25) is 0 Å². The van der Waals surface area contributed by atoms with Gasteiger partial charge in [0.1, 0.15) is 30.2 Å². The first-order valence-electron chi connectivity index (χ1n) is 15.6. The normalized spacial score (nSPS) is 14.6. The van der Waals surface area contributed by atoms with Crippen LogP contribution in [0.25, 0.3) is 5.76 Å². The van der Waals surface area contributed by atoms with Crippen LogP contribution >= 0.6 is 23.5 Å². The Morgan fingerprint density at radius 1 is 0.827 bits per heavy atom. The lowest BCUT2D eigenvalue weighted by molar-refractivity contribution is -0.119. The summed E-state index contributed by atoms with van der Waals surface area (Å²) in [5.41, 5.74) is -0.481. The number of ketones is 1. The minimum absolute atomic E-state index is 0.0418. The molecular weight excluding hydrogens is 757 g/mol. The summed E-state index contributed by atoms with van der Waals surface area (Å²) in [6, 6.07) is 1.38. The van der Waals surface area contributed by atoms with Gasteiger partial charge in [0.05, 0.1) is 30.1 Å². The third-order valence-electron chi connectivity index (χ3n) is 6.14. The maximum Gasteiger partial charge on any atom is 0.470 e. The van der Waals surface area contributed by atoms with Gasteiger partial charge in [-0.2, -0.15) is 0 Å². The second-order valence-corrected chi connectivity index (χ2v) is 15.6. The molecule has 1 heterocycles. The molecule has 1 rings (SSSR count). The molecule has 0 saturated heterocycles. The molecule has 52 heavy (non-hydrogen) atoms. The molecule has 0 aliphatic heterocycles. The van der Waals surface area contributed by atoms with Crippen molar-refractivity contribution < 1.29 is 87.0 Å². The van der Waals surface area contributed by atoms with Crippen LogP contribution in [0.5, 0.6) is 0 Å². The highest BCUT2D eigenvalue weighted by Crippen LogP contribution is 2.43. The van der Waals surface area contributed by atoms with Crippen LogP contribution in [0.4, 0.5) is 0 Å². The van der Waals surface area contributed by atoms with Crippen LogP contribution in [0.1, 0.15) is 91.5 Å². The minimum atomic E-state index is -4.64. The Balaban J connectivity index is 0. The smallest absolute Gasteiger partial charge is 0.470 e. The van der Waals surface area contributed by atoms with Gasteiger partial charge in [0.15, 0.2) is 11.5 Å². The molecule has 20 nitrogen and oxygen atoms in total. The summed E-state index contributed by atoms with van der Waals surface area (Å²) < 4.78 is 44.4. The summed E-state index contributed by atoms with van der Waals surface area (Å²) >= 11 is 0. The van der Waals surface area contributed by atoms with Crippen molar-refractivity contribution >= 4 is 35.0 Å². The second kappa shape index (κ2) is 24.8. The highest BCUT2D eigenvalue weighted by atomic mass is 31.2. The average Bonchev–Trinajstić information content (AvgIpc) is 3.01. The first-order valence-corrected chi connectivity index (χ1v) is 20.2. The van der Waals surface area contributed by atoms with E-state index >= 15 is 0 Å². The Bertz CT molecular complexity index is 1450. The SMILES string of the molecule is C/C=C(O)/C(O)=C/C(O)COP(=O)(O)O.C/C=C(\O)c1cc(COP(=O)(O)O)ncn1.CC(C)CCC(=O)CCC(O)CCC(C)(C)OP(=O)(O)O. The molecule has 0 aromatic carbocycles. The van der Waals surface area contributed by atoms with E-state index in [-0.39, 0.29) is 29.5 Å². The maximum absolute atomic E-state index is 11.6. The van der Waals surface area contributed by atoms with Crippen LogP contribution in [-0.4, -0.2) is 95.1 Å². The number of aliphatic hydroxyl groups excluding tert-OH is 5. The van der Waals surface area contributed by atoms with E-state index in [0.717, 1.165) is 12.5 Å². The number of Topliss-reactive ketones (excluding diaryl/α,β-unsaturated/α-hetero) is 1. The average molecular weight is 811 g/mol. The molecule has 1 aromatic heterocycles. The standard InChI is InChI=1S/C14H29O6P.C8H11N2O5P.C7H13O7P/c1-11(2)5-6-12(15)7-8-13(16)9-10-14(3,4)20-21(17,18)19;1-2-8(11)7-3-6(9-5-10-7)4-15-16(12,13)14;1-2-6(9)7(10)3-5(8)4-14-15(11,12)13/h11,13,16H,5-10H2,1-4H3,(H2,17,18,19);2-3,5,11H,4H2,1H3,(H2,12,13,14);2-3,5,8-10H,4H2,1H3,(H2,11,12,13)/b;8-2-;6-2-,7-3-. The molecule has 0 radical (unpaired) electrons. The number of aromatic nitrogens is 2. The van der Waals surface area contributed by atoms with Crippen LogP contribution in [0, 0.1) is 5.92 Å². The van der Waals surface area contributed by atoms with Gasteiger partial charge in [0.25, 0.3) is 0 Å². The van der Waals surface area contributed by atoms with E-state index in [1.165, 1.54) is 31.5 Å². The number of rotatable bonds is 20. The van der Waals surface area contributed by atoms with Gasteiger partial charge in [-0.1, -0.05) is 13.8 Å². The van der Waals surface area contributed by atoms with E-state index in [9.17, 15) is 28.7 Å². The monoisotopic (exact) mass is 810 g/mol. The van der Waals surface area contributed by atoms with Gasteiger partial charge in [0, 0.05) is 12.8 Å². The van der Waals surface area contributed by atoms with Crippen molar-refractivity contribution in [1.82, 2.24) is 9.97 Å². The molecule has 0 aliphatic carbocycles. The molecule has 0 spiro atoms. The van der Waals surface area contributed by atoms with Gasteiger partial charge >= 0.3 is 23.5 Å². The summed E-state index contributed by atoms with van der Waals surface area (Å²) in [4.78, 5) is 70.2. The van der Waals surface area contributed by atoms with E-state index in [4.69, 9.17) is 44.7 Å². The molecule has 0 amide bonds. The molecule has 1 aromatic rings. The lowest BCUT2D eigenvalue weighted by atomic mass is 9.97. The number of allylic oxidation sites excluding steroid dienone is 2. The number of phosphoric ester groups is 3. The zero-order chi connectivity index (χ0) is 40.9. The van der Waals surface area contributed by atoms with E-state index in [1.54, 1.807) is 20.8 Å². The van der Waals surface area contributed by atoms with E-state index in [1.807, 2.05) is 0 Å². The highest BCUT2D eigenvalue weighted by Gasteiger charge is 2.29. The molecule has 0 bridgehead atoms. The van der Waals surface area contributed by atoms with Crippen molar-refractivity contribution in [2.24, 2.45) is 5.92 Å². The van der Waals surface area contributed by atoms with Gasteiger partial charge in [0.2, 0.25) is 0 Å². The summed E-state index contributed by atoms with van der Waals surface area (Å²) in [7, 11) is -13.7. The van der Waals surface area contributed by atoms with Crippen molar-refractivity contribution in [2.45, 2.75) is 104 Å². The van der Waals surface area contributed by atoms with Gasteiger partial charge in [-0.05, 0) is 83.6 Å². The van der Waals surface area contributed by atoms with Gasteiger partial charge in [-0.25, -0.2) is 23.7 Å². The highest BCUT2D eigenvalue weighted by molar-refractivity contribution is 7.46. The summed E-state index contributed by atoms with van der Waals surface area (Å²) in [5, 5.41) is 46.3. The zero-order valence-corrected chi connectivity index (χ0v) is 32.5. The Morgan fingerprint density at radius 3 is 1.87 bits per heavy atom.